The lowest BCUT2D eigenvalue weighted by atomic mass is 10.1. The number of H-pyrrole nitrogens is 10. The van der Waals surface area contributed by atoms with Crippen LogP contribution in [0.15, 0.2) is 123 Å². The molecule has 13 heteroatoms. The summed E-state index contributed by atoms with van der Waals surface area (Å²) in [5.74, 6) is 0.624. The fraction of sp³-hybridized carbons (Fsp3) is 0.485. The molecule has 0 saturated carbocycles. The zero-order valence-electron chi connectivity index (χ0n) is 79.0. The predicted octanol–water partition coefficient (Wildman–Crippen LogP) is 27.6. The molecule has 0 aliphatic carbocycles. The molecule has 0 bridgehead atoms. The van der Waals surface area contributed by atoms with Gasteiger partial charge in [0.1, 0.15) is 0 Å². The van der Waals surface area contributed by atoms with Crippen molar-refractivity contribution in [2.24, 2.45) is 14.1 Å². The predicted molar refractivity (Wildman–Crippen MR) is 501 cm³/mol. The summed E-state index contributed by atoms with van der Waals surface area (Å²) < 4.78 is 6.58. The van der Waals surface area contributed by atoms with Gasteiger partial charge in [0.05, 0.1) is 0 Å². The number of nitrogens with zero attached hydrogens (tertiary/aromatic N) is 3. The molecule has 13 rings (SSSR count). The van der Waals surface area contributed by atoms with Crippen molar-refractivity contribution in [3.63, 3.8) is 0 Å². The van der Waals surface area contributed by atoms with Crippen molar-refractivity contribution < 1.29 is 0 Å². The Morgan fingerprint density at radius 1 is 0.316 bits per heavy atom. The van der Waals surface area contributed by atoms with Crippen molar-refractivity contribution in [3.8, 4) is 0 Å². The quantitative estimate of drug-likeness (QED) is 0.0530. The molecular weight excluding hydrogens is 1400 g/mol. The van der Waals surface area contributed by atoms with Crippen molar-refractivity contribution in [1.82, 2.24) is 63.5 Å². The molecule has 13 aromatic rings. The Morgan fingerprint density at radius 3 is 1.06 bits per heavy atom. The van der Waals surface area contributed by atoms with Gasteiger partial charge in [0.25, 0.3) is 0 Å². The second-order valence-electron chi connectivity index (χ2n) is 31.4. The SMILES string of the molecule is CCCc1[nH]cc(C)c1C.CCCc1c[nH]c(C)c1C.CCCn1cc(C)cc1C.CCc1[nH]cc(C)c1C.CCc1c[nH]c(C)c1C.CCc1c[nH]c(CC)c1.CCc1ccc(CC)[nH]1.Cc1c[nH]c(C(C)C)c1.Cc1c[nH]c(C)c1.Cc1cc(C)c(C)[nH]1.Cc1cc(C)n(C)c1.Cc1ccc(C)[nH]1.Cc1cn(C)c(C)c1C. The molecule has 0 amide bonds. The van der Waals surface area contributed by atoms with Gasteiger partial charge in [-0.3, -0.25) is 0 Å². The second kappa shape index (κ2) is 55.2. The van der Waals surface area contributed by atoms with Crippen LogP contribution in [0, 0.1) is 159 Å². The summed E-state index contributed by atoms with van der Waals surface area (Å²) in [5, 5.41) is 0. The topological polar surface area (TPSA) is 173 Å². The standard InChI is InChI=1S/3C9H15N.6C8H13N.2C7H11N.2C6H9N/c1-4-5-10-7-8(2)6-9(10)3;1-4-5-9-6-10-8(3)7(9)2;1-4-5-9-8(3)7(2)6-10-9;1-6-5-9(4)8(3)7(6)2;1-6(2)8-4-7(3)5-9-8;1-4-8-5-9-7(3)6(8)2;1-4-8-7(3)6(2)5-9-8;1-3-7-5-8(4-2)9-6-7;1-3-7-5-6-8(4-2)9-7;1-6-4-7(2)8(3)5-6;1-5-4-6(2)8-7(5)3;1-5-3-6(2)7-4-5;1-5-3-4-6(2)7-5/h6-7H,4-5H2,1-3H3;2*6,10H,4-5H2,1-3H3;5H,1-4H3;4-6,9H,1-3H3;2*5,9H,4H2,1-3H3;2*5-6,9H,3-4H2,1-2H3;4-5H,1-3H3;4,8H,1-3H3;2*3-4,7H,1-2H3. The number of hydrogen-bond donors (Lipinski definition) is 10. The first kappa shape index (κ1) is 103. The van der Waals surface area contributed by atoms with E-state index in [4.69, 9.17) is 0 Å². The summed E-state index contributed by atoms with van der Waals surface area (Å²) in [7, 11) is 4.14. The van der Waals surface area contributed by atoms with Crippen LogP contribution in [0.1, 0.15) is 281 Å². The fourth-order valence-corrected chi connectivity index (χ4v) is 12.4. The summed E-state index contributed by atoms with van der Waals surface area (Å²) in [5.41, 5.74) is 43.3. The molecule has 0 aliphatic rings. The lowest BCUT2D eigenvalue weighted by Gasteiger charge is -2.01. The Hall–Kier alpha value is -9.36. The molecule has 0 aromatic carbocycles. The van der Waals surface area contributed by atoms with Gasteiger partial charge in [0, 0.05) is 174 Å². The van der Waals surface area contributed by atoms with E-state index in [0.29, 0.717) is 5.92 Å². The average molecular weight is 1560 g/mol. The number of aryl methyl sites for hydroxylation is 28. The molecule has 0 fully saturated rings. The molecule has 13 nitrogen and oxygen atoms in total. The van der Waals surface area contributed by atoms with Crippen molar-refractivity contribution in [1.29, 1.82) is 0 Å². The fourth-order valence-electron chi connectivity index (χ4n) is 12.4. The highest BCUT2D eigenvalue weighted by molar-refractivity contribution is 5.32. The third-order valence-corrected chi connectivity index (χ3v) is 20.9. The van der Waals surface area contributed by atoms with Gasteiger partial charge in [-0.05, 0) is 373 Å². The van der Waals surface area contributed by atoms with Gasteiger partial charge < -0.3 is 63.5 Å². The number of hydrogen-bond acceptors (Lipinski definition) is 0. The van der Waals surface area contributed by atoms with Crippen LogP contribution in [0.4, 0.5) is 0 Å². The van der Waals surface area contributed by atoms with Gasteiger partial charge in [-0.1, -0.05) is 89.0 Å². The van der Waals surface area contributed by atoms with Crippen LogP contribution in [0.25, 0.3) is 0 Å². The van der Waals surface area contributed by atoms with Crippen molar-refractivity contribution >= 4 is 0 Å². The molecule has 10 N–H and O–H groups in total. The Balaban J connectivity index is 0.000000618. The van der Waals surface area contributed by atoms with E-state index in [1.54, 1.807) is 0 Å². The molecule has 13 aromatic heterocycles. The zero-order chi connectivity index (χ0) is 86.5. The third-order valence-electron chi connectivity index (χ3n) is 20.9. The molecule has 0 atom stereocenters. The minimum absolute atomic E-state index is 0.624. The Morgan fingerprint density at radius 2 is 0.833 bits per heavy atom. The normalized spacial score (nSPS) is 10.1. The summed E-state index contributed by atoms with van der Waals surface area (Å²) >= 11 is 0. The van der Waals surface area contributed by atoms with Crippen LogP contribution in [-0.2, 0) is 72.0 Å². The molecule has 0 saturated heterocycles. The van der Waals surface area contributed by atoms with Gasteiger partial charge in [-0.2, -0.15) is 0 Å². The first-order valence-corrected chi connectivity index (χ1v) is 42.5. The van der Waals surface area contributed by atoms with E-state index < -0.39 is 0 Å². The maximum atomic E-state index is 3.31. The maximum Gasteiger partial charge on any atom is 0.0219 e. The number of aromatic amines is 10. The summed E-state index contributed by atoms with van der Waals surface area (Å²) in [6.45, 7) is 73.8. The van der Waals surface area contributed by atoms with Crippen molar-refractivity contribution in [3.05, 3.63) is 303 Å². The summed E-state index contributed by atoms with van der Waals surface area (Å²) in [6, 6.07) is 21.5. The zero-order valence-corrected chi connectivity index (χ0v) is 79.0. The van der Waals surface area contributed by atoms with Gasteiger partial charge >= 0.3 is 0 Å². The van der Waals surface area contributed by atoms with Crippen LogP contribution in [-0.4, -0.2) is 63.5 Å². The minimum atomic E-state index is 0.624. The molecule has 114 heavy (non-hydrogen) atoms. The van der Waals surface area contributed by atoms with Gasteiger partial charge in [0.15, 0.2) is 0 Å². The maximum absolute atomic E-state index is 3.31. The van der Waals surface area contributed by atoms with Crippen LogP contribution in [0.3, 0.4) is 0 Å². The monoisotopic (exact) mass is 1560 g/mol. The molecule has 0 unspecified atom stereocenters. The van der Waals surface area contributed by atoms with E-state index in [0.717, 1.165) is 45.1 Å². The Kier molecular flexibility index (Phi) is 49.7. The van der Waals surface area contributed by atoms with E-state index >= 15 is 0 Å². The highest BCUT2D eigenvalue weighted by atomic mass is 15.0. The Labute approximate surface area is 694 Å². The van der Waals surface area contributed by atoms with E-state index in [1.807, 2.05) is 33.2 Å². The molecule has 13 heterocycles. The third kappa shape index (κ3) is 39.1. The summed E-state index contributed by atoms with van der Waals surface area (Å²) in [4.78, 5) is 32.0. The lowest BCUT2D eigenvalue weighted by molar-refractivity contribution is 0.665. The number of rotatable bonds is 13. The average Bonchev–Trinajstić information content (AvgIpc) is 1.38. The van der Waals surface area contributed by atoms with E-state index in [-0.39, 0.29) is 0 Å². The van der Waals surface area contributed by atoms with E-state index in [1.165, 1.54) is 212 Å². The van der Waals surface area contributed by atoms with E-state index in [2.05, 4.69) is 403 Å². The van der Waals surface area contributed by atoms with Crippen LogP contribution < -0.4 is 0 Å². The smallest absolute Gasteiger partial charge is 0.0219 e. The van der Waals surface area contributed by atoms with Crippen molar-refractivity contribution in [2.45, 2.75) is 318 Å². The molecule has 0 radical (unpaired) electrons. The lowest BCUT2D eigenvalue weighted by Crippen LogP contribution is -1.95. The second-order valence-corrected chi connectivity index (χ2v) is 31.4. The van der Waals surface area contributed by atoms with Crippen molar-refractivity contribution in [2.75, 3.05) is 0 Å². The Bertz CT molecular complexity index is 4260. The van der Waals surface area contributed by atoms with Gasteiger partial charge in [-0.15, -0.1) is 0 Å². The van der Waals surface area contributed by atoms with Gasteiger partial charge in [-0.25, -0.2) is 0 Å². The first-order chi connectivity index (χ1) is 53.8. The number of nitrogens with one attached hydrogen (secondary N) is 10. The highest BCUT2D eigenvalue weighted by Crippen LogP contribution is 2.18. The van der Waals surface area contributed by atoms with Crippen LogP contribution >= 0.6 is 0 Å². The van der Waals surface area contributed by atoms with Gasteiger partial charge in [0.2, 0.25) is 0 Å². The van der Waals surface area contributed by atoms with Crippen LogP contribution in [0.5, 0.6) is 0 Å². The molecule has 632 valence electrons. The molecular formula is C101H163N13. The highest BCUT2D eigenvalue weighted by Gasteiger charge is 2.05. The summed E-state index contributed by atoms with van der Waals surface area (Å²) in [6.07, 6.45) is 33.7. The van der Waals surface area contributed by atoms with E-state index in [9.17, 15) is 0 Å². The molecule has 0 aliphatic heterocycles. The first-order valence-electron chi connectivity index (χ1n) is 42.5. The molecule has 0 spiro atoms. The largest absolute Gasteiger partial charge is 0.365 e. The van der Waals surface area contributed by atoms with Crippen LogP contribution in [0.2, 0.25) is 0 Å². The minimum Gasteiger partial charge on any atom is -0.365 e. The number of aromatic nitrogens is 13.